The highest BCUT2D eigenvalue weighted by Crippen LogP contribution is 2.29. The van der Waals surface area contributed by atoms with E-state index in [1.807, 2.05) is 24.3 Å². The Balaban J connectivity index is 1.76. The Morgan fingerprint density at radius 3 is 2.64 bits per heavy atom. The van der Waals surface area contributed by atoms with Crippen LogP contribution in [0.2, 0.25) is 5.02 Å². The van der Waals surface area contributed by atoms with Gasteiger partial charge in [0.15, 0.2) is 11.6 Å². The smallest absolute Gasteiger partial charge is 0.159 e. The van der Waals surface area contributed by atoms with Crippen LogP contribution in [0.15, 0.2) is 30.6 Å². The van der Waals surface area contributed by atoms with Gasteiger partial charge in [0.1, 0.15) is 12.0 Å². The molecule has 1 aliphatic carbocycles. The highest BCUT2D eigenvalue weighted by Gasteiger charge is 2.16. The summed E-state index contributed by atoms with van der Waals surface area (Å²) in [5.74, 6) is 1.29. The normalized spacial score (nSPS) is 15.5. The van der Waals surface area contributed by atoms with Gasteiger partial charge < -0.3 is 16.4 Å². The Labute approximate surface area is 135 Å². The highest BCUT2D eigenvalue weighted by molar-refractivity contribution is 6.30. The molecule has 3 rings (SSSR count). The molecule has 1 aromatic carbocycles. The van der Waals surface area contributed by atoms with Crippen molar-refractivity contribution in [2.45, 2.75) is 38.1 Å². The number of nitrogens with one attached hydrogen (secondary N) is 2. The molecule has 116 valence electrons. The van der Waals surface area contributed by atoms with E-state index in [1.165, 1.54) is 38.4 Å². The van der Waals surface area contributed by atoms with Crippen molar-refractivity contribution in [3.05, 3.63) is 35.6 Å². The second-order valence-corrected chi connectivity index (χ2v) is 6.04. The molecule has 0 spiro atoms. The third-order valence-electron chi connectivity index (χ3n) is 3.92. The quantitative estimate of drug-likeness (QED) is 0.788. The molecule has 4 N–H and O–H groups in total. The van der Waals surface area contributed by atoms with Crippen molar-refractivity contribution < 1.29 is 0 Å². The first kappa shape index (κ1) is 14.9. The van der Waals surface area contributed by atoms with Gasteiger partial charge in [-0.05, 0) is 31.0 Å². The van der Waals surface area contributed by atoms with Gasteiger partial charge in [-0.3, -0.25) is 0 Å². The van der Waals surface area contributed by atoms with Crippen molar-refractivity contribution >= 4 is 34.6 Å². The van der Waals surface area contributed by atoms with Crippen molar-refractivity contribution in [2.75, 3.05) is 16.4 Å². The van der Waals surface area contributed by atoms with Gasteiger partial charge in [0, 0.05) is 16.8 Å². The number of anilines is 4. The maximum absolute atomic E-state index is 6.20. The second kappa shape index (κ2) is 6.83. The monoisotopic (exact) mass is 317 g/mol. The summed E-state index contributed by atoms with van der Waals surface area (Å²) in [5, 5.41) is 7.30. The number of benzene rings is 1. The number of halogens is 1. The fourth-order valence-electron chi connectivity index (χ4n) is 2.75. The van der Waals surface area contributed by atoms with E-state index in [1.54, 1.807) is 0 Å². The summed E-state index contributed by atoms with van der Waals surface area (Å²) in [7, 11) is 0. The second-order valence-electron chi connectivity index (χ2n) is 5.60. The first-order valence-corrected chi connectivity index (χ1v) is 8.00. The number of hydrogen-bond donors (Lipinski definition) is 3. The third kappa shape index (κ3) is 3.60. The number of nitrogens with two attached hydrogens (primary N) is 1. The molecule has 5 nitrogen and oxygen atoms in total. The standard InChI is InChI=1S/C16H20ClN5/c17-11-5-4-8-13(9-11)22-16-14(18)15(19-10-20-16)21-12-6-2-1-3-7-12/h4-5,8-10,12H,1-3,6-7,18H2,(H2,19,20,21,22). The van der Waals surface area contributed by atoms with Crippen LogP contribution < -0.4 is 16.4 Å². The largest absolute Gasteiger partial charge is 0.393 e. The molecule has 1 aromatic heterocycles. The van der Waals surface area contributed by atoms with E-state index in [9.17, 15) is 0 Å². The van der Waals surface area contributed by atoms with Gasteiger partial charge in [-0.15, -0.1) is 0 Å². The Morgan fingerprint density at radius 1 is 1.09 bits per heavy atom. The third-order valence-corrected chi connectivity index (χ3v) is 4.15. The van der Waals surface area contributed by atoms with Gasteiger partial charge in [-0.1, -0.05) is 36.9 Å². The lowest BCUT2D eigenvalue weighted by Crippen LogP contribution is -2.23. The van der Waals surface area contributed by atoms with E-state index in [0.717, 1.165) is 5.69 Å². The molecule has 1 heterocycles. The van der Waals surface area contributed by atoms with E-state index in [-0.39, 0.29) is 0 Å². The molecule has 0 bridgehead atoms. The zero-order valence-electron chi connectivity index (χ0n) is 12.3. The van der Waals surface area contributed by atoms with Crippen LogP contribution in [0.5, 0.6) is 0 Å². The van der Waals surface area contributed by atoms with Crippen LogP contribution in [0.1, 0.15) is 32.1 Å². The minimum absolute atomic E-state index is 0.449. The number of nitrogens with zero attached hydrogens (tertiary/aromatic N) is 2. The lowest BCUT2D eigenvalue weighted by molar-refractivity contribution is 0.462. The summed E-state index contributed by atoms with van der Waals surface area (Å²) in [6.45, 7) is 0. The summed E-state index contributed by atoms with van der Waals surface area (Å²) in [4.78, 5) is 8.51. The molecule has 2 aromatic rings. The van der Waals surface area contributed by atoms with Crippen LogP contribution in [0, 0.1) is 0 Å². The van der Waals surface area contributed by atoms with Gasteiger partial charge in [-0.25, -0.2) is 9.97 Å². The SMILES string of the molecule is Nc1c(Nc2cccc(Cl)c2)ncnc1NC1CCCCC1. The zero-order valence-corrected chi connectivity index (χ0v) is 13.1. The Hall–Kier alpha value is -2.01. The molecular weight excluding hydrogens is 298 g/mol. The van der Waals surface area contributed by atoms with Crippen molar-refractivity contribution in [3.63, 3.8) is 0 Å². The summed E-state index contributed by atoms with van der Waals surface area (Å²) in [5.41, 5.74) is 7.59. The minimum Gasteiger partial charge on any atom is -0.393 e. The number of rotatable bonds is 4. The van der Waals surface area contributed by atoms with Gasteiger partial charge in [-0.2, -0.15) is 0 Å². The summed E-state index contributed by atoms with van der Waals surface area (Å²) >= 11 is 5.99. The van der Waals surface area contributed by atoms with Crippen LogP contribution in [0.25, 0.3) is 0 Å². The minimum atomic E-state index is 0.449. The first-order valence-electron chi connectivity index (χ1n) is 7.62. The molecule has 0 unspecified atom stereocenters. The molecule has 0 aliphatic heterocycles. The van der Waals surface area contributed by atoms with Crippen molar-refractivity contribution in [3.8, 4) is 0 Å². The van der Waals surface area contributed by atoms with Crippen LogP contribution in [-0.4, -0.2) is 16.0 Å². The van der Waals surface area contributed by atoms with E-state index in [2.05, 4.69) is 20.6 Å². The lowest BCUT2D eigenvalue weighted by Gasteiger charge is -2.24. The van der Waals surface area contributed by atoms with Crippen molar-refractivity contribution in [1.29, 1.82) is 0 Å². The molecular formula is C16H20ClN5. The fraction of sp³-hybridized carbons (Fsp3) is 0.375. The zero-order chi connectivity index (χ0) is 15.4. The van der Waals surface area contributed by atoms with Crippen LogP contribution in [-0.2, 0) is 0 Å². The Kier molecular flexibility index (Phi) is 4.63. The Bertz CT molecular complexity index is 640. The first-order chi connectivity index (χ1) is 10.7. The van der Waals surface area contributed by atoms with Crippen LogP contribution in [0.4, 0.5) is 23.0 Å². The molecule has 0 amide bonds. The molecule has 6 heteroatoms. The van der Waals surface area contributed by atoms with Crippen molar-refractivity contribution in [1.82, 2.24) is 9.97 Å². The van der Waals surface area contributed by atoms with E-state index < -0.39 is 0 Å². The fourth-order valence-corrected chi connectivity index (χ4v) is 2.94. The Morgan fingerprint density at radius 2 is 1.86 bits per heavy atom. The van der Waals surface area contributed by atoms with Crippen LogP contribution in [0.3, 0.4) is 0 Å². The van der Waals surface area contributed by atoms with Crippen molar-refractivity contribution in [2.24, 2.45) is 0 Å². The average molecular weight is 318 g/mol. The molecule has 0 saturated heterocycles. The maximum atomic E-state index is 6.20. The predicted octanol–water partition coefficient (Wildman–Crippen LogP) is 4.20. The van der Waals surface area contributed by atoms with Crippen LogP contribution >= 0.6 is 11.6 Å². The summed E-state index contributed by atoms with van der Waals surface area (Å²) in [6.07, 6.45) is 7.70. The van der Waals surface area contributed by atoms with Gasteiger partial charge in [0.05, 0.1) is 0 Å². The van der Waals surface area contributed by atoms with Gasteiger partial charge in [0.2, 0.25) is 0 Å². The molecule has 0 atom stereocenters. The number of nitrogen functional groups attached to an aromatic ring is 1. The summed E-state index contributed by atoms with van der Waals surface area (Å²) < 4.78 is 0. The summed E-state index contributed by atoms with van der Waals surface area (Å²) in [6, 6.07) is 7.90. The van der Waals surface area contributed by atoms with E-state index in [0.29, 0.717) is 28.4 Å². The molecule has 1 aliphatic rings. The molecule has 1 saturated carbocycles. The topological polar surface area (TPSA) is 75.9 Å². The van der Waals surface area contributed by atoms with E-state index in [4.69, 9.17) is 17.3 Å². The molecule has 0 radical (unpaired) electrons. The van der Waals surface area contributed by atoms with Gasteiger partial charge in [0.25, 0.3) is 0 Å². The lowest BCUT2D eigenvalue weighted by atomic mass is 9.95. The number of hydrogen-bond acceptors (Lipinski definition) is 5. The average Bonchev–Trinajstić information content (AvgIpc) is 2.52. The molecule has 1 fully saturated rings. The maximum Gasteiger partial charge on any atom is 0.159 e. The highest BCUT2D eigenvalue weighted by atomic mass is 35.5. The van der Waals surface area contributed by atoms with Gasteiger partial charge >= 0.3 is 0 Å². The number of aromatic nitrogens is 2. The molecule has 22 heavy (non-hydrogen) atoms. The predicted molar refractivity (Wildman–Crippen MR) is 91.7 cm³/mol. The van der Waals surface area contributed by atoms with E-state index >= 15 is 0 Å².